The first kappa shape index (κ1) is 22.7. The normalized spacial score (nSPS) is 11.5. The molecular weight excluding hydrogens is 495 g/mol. The third-order valence-electron chi connectivity index (χ3n) is 6.06. The van der Waals surface area contributed by atoms with Crippen LogP contribution in [0, 0.1) is 19.7 Å². The molecule has 1 aromatic carbocycles. The molecule has 12 heteroatoms. The van der Waals surface area contributed by atoms with Gasteiger partial charge in [0, 0.05) is 17.8 Å². The molecule has 0 atom stereocenters. The lowest BCUT2D eigenvalue weighted by atomic mass is 10.1. The molecule has 5 heterocycles. The molecule has 0 unspecified atom stereocenters. The van der Waals surface area contributed by atoms with E-state index < -0.39 is 5.82 Å². The summed E-state index contributed by atoms with van der Waals surface area (Å²) in [5, 5.41) is 17.4. The van der Waals surface area contributed by atoms with Gasteiger partial charge in [0.15, 0.2) is 5.65 Å². The number of halogens is 1. The summed E-state index contributed by atoms with van der Waals surface area (Å²) in [5.41, 5.74) is 8.54. The monoisotopic (exact) mass is 514 g/mol. The average Bonchev–Trinajstić information content (AvgIpc) is 3.41. The molecule has 0 aliphatic carbocycles. The van der Waals surface area contributed by atoms with Crippen molar-refractivity contribution in [1.82, 2.24) is 34.3 Å². The van der Waals surface area contributed by atoms with Crippen molar-refractivity contribution in [2.75, 3.05) is 5.73 Å². The zero-order valence-electron chi connectivity index (χ0n) is 19.7. The Labute approximate surface area is 212 Å². The number of hydrogen-bond donors (Lipinski definition) is 2. The minimum Gasteiger partial charge on any atom is -0.508 e. The maximum Gasteiger partial charge on any atom is 0.268 e. The minimum absolute atomic E-state index is 0.0341. The molecule has 0 saturated heterocycles. The molecule has 0 saturated carbocycles. The number of anilines is 1. The van der Waals surface area contributed by atoms with Crippen molar-refractivity contribution in [3.05, 3.63) is 81.4 Å². The second-order valence-corrected chi connectivity index (χ2v) is 9.43. The Balaban J connectivity index is 1.62. The Kier molecular flexibility index (Phi) is 5.19. The van der Waals surface area contributed by atoms with E-state index in [9.17, 15) is 14.3 Å². The third-order valence-corrected chi connectivity index (χ3v) is 7.05. The van der Waals surface area contributed by atoms with Crippen molar-refractivity contribution < 1.29 is 9.50 Å². The number of aromatic hydroxyl groups is 1. The number of aromatic nitrogens is 7. The maximum absolute atomic E-state index is 14.1. The Hall–Kier alpha value is -4.71. The van der Waals surface area contributed by atoms with Crippen LogP contribution >= 0.6 is 11.3 Å². The molecule has 6 aromatic rings. The second kappa shape index (κ2) is 8.45. The van der Waals surface area contributed by atoms with Crippen LogP contribution in [0.3, 0.4) is 0 Å². The van der Waals surface area contributed by atoms with Crippen LogP contribution in [-0.4, -0.2) is 39.4 Å². The second-order valence-electron chi connectivity index (χ2n) is 8.57. The van der Waals surface area contributed by atoms with Gasteiger partial charge in [-0.05, 0) is 48.6 Å². The van der Waals surface area contributed by atoms with Crippen LogP contribution in [0.2, 0.25) is 0 Å². The summed E-state index contributed by atoms with van der Waals surface area (Å²) >= 11 is 1.38. The number of pyridine rings is 1. The fourth-order valence-corrected chi connectivity index (χ4v) is 5.32. The number of phenols is 1. The van der Waals surface area contributed by atoms with Gasteiger partial charge in [-0.15, -0.1) is 11.3 Å². The third kappa shape index (κ3) is 3.69. The van der Waals surface area contributed by atoms with Crippen LogP contribution in [0.15, 0.2) is 53.0 Å². The fraction of sp³-hybridized carbons (Fsp3) is 0.120. The van der Waals surface area contributed by atoms with E-state index in [4.69, 9.17) is 10.7 Å². The van der Waals surface area contributed by atoms with Crippen molar-refractivity contribution in [2.24, 2.45) is 0 Å². The van der Waals surface area contributed by atoms with E-state index in [1.54, 1.807) is 12.3 Å². The van der Waals surface area contributed by atoms with Gasteiger partial charge >= 0.3 is 0 Å². The van der Waals surface area contributed by atoms with Gasteiger partial charge in [0.25, 0.3) is 5.56 Å². The van der Waals surface area contributed by atoms with Crippen LogP contribution in [0.25, 0.3) is 38.3 Å². The van der Waals surface area contributed by atoms with Crippen molar-refractivity contribution in [2.45, 2.75) is 20.4 Å². The summed E-state index contributed by atoms with van der Waals surface area (Å²) in [7, 11) is 0. The molecule has 37 heavy (non-hydrogen) atoms. The van der Waals surface area contributed by atoms with Crippen LogP contribution in [0.4, 0.5) is 10.2 Å². The van der Waals surface area contributed by atoms with E-state index in [0.717, 1.165) is 17.2 Å². The number of rotatable bonds is 4. The molecular formula is C25H19FN8O2S. The van der Waals surface area contributed by atoms with Crippen molar-refractivity contribution >= 4 is 38.4 Å². The zero-order chi connectivity index (χ0) is 25.8. The number of nitrogens with zero attached hydrogens (tertiary/aromatic N) is 7. The van der Waals surface area contributed by atoms with Gasteiger partial charge in [0.1, 0.15) is 52.4 Å². The van der Waals surface area contributed by atoms with Gasteiger partial charge in [-0.3, -0.25) is 4.79 Å². The number of aryl methyl sites for hydroxylation is 2. The number of nitrogens with two attached hydrogens (primary N) is 1. The van der Waals surface area contributed by atoms with Gasteiger partial charge < -0.3 is 10.8 Å². The Morgan fingerprint density at radius 1 is 1.11 bits per heavy atom. The molecule has 0 aliphatic rings. The molecule has 0 bridgehead atoms. The number of benzene rings is 1. The van der Waals surface area contributed by atoms with Crippen LogP contribution in [0.5, 0.6) is 5.75 Å². The SMILES string of the molecule is Cc1cccnc1-n1c(Cn2nc(-c3cc(O)cc(F)c3)c3c(N)ncnc32)nc2scc(C)c2c1=O. The van der Waals surface area contributed by atoms with Gasteiger partial charge in [-0.1, -0.05) is 6.07 Å². The molecule has 6 rings (SSSR count). The summed E-state index contributed by atoms with van der Waals surface area (Å²) in [4.78, 5) is 32.1. The highest BCUT2D eigenvalue weighted by atomic mass is 32.1. The van der Waals surface area contributed by atoms with E-state index in [2.05, 4.69) is 20.1 Å². The van der Waals surface area contributed by atoms with Gasteiger partial charge in [-0.2, -0.15) is 5.10 Å². The molecule has 10 nitrogen and oxygen atoms in total. The average molecular weight is 515 g/mol. The van der Waals surface area contributed by atoms with E-state index in [0.29, 0.717) is 44.1 Å². The van der Waals surface area contributed by atoms with Crippen molar-refractivity contribution in [3.8, 4) is 22.8 Å². The summed E-state index contributed by atoms with van der Waals surface area (Å²) in [6.07, 6.45) is 2.92. The van der Waals surface area contributed by atoms with E-state index in [1.807, 2.05) is 25.3 Å². The van der Waals surface area contributed by atoms with E-state index >= 15 is 0 Å². The van der Waals surface area contributed by atoms with Crippen LogP contribution < -0.4 is 11.3 Å². The highest BCUT2D eigenvalue weighted by Crippen LogP contribution is 2.33. The number of thiophene rings is 1. The predicted molar refractivity (Wildman–Crippen MR) is 138 cm³/mol. The maximum atomic E-state index is 14.1. The smallest absolute Gasteiger partial charge is 0.268 e. The summed E-state index contributed by atoms with van der Waals surface area (Å²) in [5.74, 6) is 0.102. The lowest BCUT2D eigenvalue weighted by Crippen LogP contribution is -2.26. The fourth-order valence-electron chi connectivity index (χ4n) is 4.39. The zero-order valence-corrected chi connectivity index (χ0v) is 20.5. The first-order valence-corrected chi connectivity index (χ1v) is 12.1. The van der Waals surface area contributed by atoms with E-state index in [1.165, 1.54) is 39.0 Å². The topological polar surface area (TPSA) is 138 Å². The summed E-state index contributed by atoms with van der Waals surface area (Å²) < 4.78 is 17.2. The van der Waals surface area contributed by atoms with Gasteiger partial charge in [0.05, 0.1) is 10.8 Å². The number of nitrogen functional groups attached to an aromatic ring is 1. The lowest BCUT2D eigenvalue weighted by Gasteiger charge is -2.14. The highest BCUT2D eigenvalue weighted by Gasteiger charge is 2.22. The lowest BCUT2D eigenvalue weighted by molar-refractivity contribution is 0.469. The number of fused-ring (bicyclic) bond motifs is 2. The Morgan fingerprint density at radius 3 is 2.73 bits per heavy atom. The molecule has 0 spiro atoms. The molecule has 5 aromatic heterocycles. The van der Waals surface area contributed by atoms with Gasteiger partial charge in [0.2, 0.25) is 0 Å². The highest BCUT2D eigenvalue weighted by molar-refractivity contribution is 7.16. The molecule has 0 amide bonds. The van der Waals surface area contributed by atoms with E-state index in [-0.39, 0.29) is 23.7 Å². The predicted octanol–water partition coefficient (Wildman–Crippen LogP) is 3.74. The quantitative estimate of drug-likeness (QED) is 0.363. The van der Waals surface area contributed by atoms with Crippen LogP contribution in [-0.2, 0) is 6.54 Å². The van der Waals surface area contributed by atoms with Gasteiger partial charge in [-0.25, -0.2) is 33.6 Å². The van der Waals surface area contributed by atoms with Crippen molar-refractivity contribution in [3.63, 3.8) is 0 Å². The molecule has 3 N–H and O–H groups in total. The first-order chi connectivity index (χ1) is 17.8. The molecule has 0 fully saturated rings. The summed E-state index contributed by atoms with van der Waals surface area (Å²) in [6.45, 7) is 3.78. The standard InChI is InChI=1S/C25H19FN8O2S/c1-12-4-3-5-28-22(12)34-17(31-24-18(25(34)36)13(2)10-37-24)9-33-23-19(21(27)29-11-30-23)20(32-33)14-6-15(26)8-16(35)7-14/h3-8,10-11,35H,9H2,1-2H3,(H2,27,29,30). The molecule has 184 valence electrons. The Morgan fingerprint density at radius 2 is 1.95 bits per heavy atom. The number of phenolic OH excluding ortho intramolecular Hbond substituents is 1. The minimum atomic E-state index is -0.632. The summed E-state index contributed by atoms with van der Waals surface area (Å²) in [6, 6.07) is 7.29. The van der Waals surface area contributed by atoms with Crippen LogP contribution in [0.1, 0.15) is 17.0 Å². The molecule has 0 radical (unpaired) electrons. The Bertz CT molecular complexity index is 1890. The molecule has 0 aliphatic heterocycles. The largest absolute Gasteiger partial charge is 0.508 e. The van der Waals surface area contributed by atoms with Crippen molar-refractivity contribution in [1.29, 1.82) is 0 Å². The number of hydrogen-bond acceptors (Lipinski definition) is 9. The first-order valence-electron chi connectivity index (χ1n) is 11.2.